The summed E-state index contributed by atoms with van der Waals surface area (Å²) in [5.41, 5.74) is 1.77. The third kappa shape index (κ3) is 4.29. The summed E-state index contributed by atoms with van der Waals surface area (Å²) in [6, 6.07) is 13.5. The van der Waals surface area contributed by atoms with Crippen molar-refractivity contribution in [3.8, 4) is 5.75 Å². The van der Waals surface area contributed by atoms with E-state index >= 15 is 0 Å². The average molecular weight is 416 g/mol. The Morgan fingerprint density at radius 3 is 2.79 bits per heavy atom. The van der Waals surface area contributed by atoms with E-state index in [0.717, 1.165) is 31.4 Å². The van der Waals surface area contributed by atoms with Crippen molar-refractivity contribution in [1.82, 2.24) is 9.88 Å². The zero-order valence-corrected chi connectivity index (χ0v) is 17.2. The number of benzene rings is 2. The minimum absolute atomic E-state index is 0.0281. The highest BCUT2D eigenvalue weighted by Crippen LogP contribution is 2.33. The lowest BCUT2D eigenvalue weighted by Crippen LogP contribution is -2.38. The number of anilines is 1. The van der Waals surface area contributed by atoms with E-state index in [1.54, 1.807) is 36.6 Å². The van der Waals surface area contributed by atoms with Crippen LogP contribution in [0.4, 0.5) is 5.69 Å². The van der Waals surface area contributed by atoms with Crippen LogP contribution in [0.25, 0.3) is 10.2 Å². The third-order valence-corrected chi connectivity index (χ3v) is 6.54. The second-order valence-electron chi connectivity index (χ2n) is 6.97. The van der Waals surface area contributed by atoms with Crippen molar-refractivity contribution in [1.29, 1.82) is 0 Å². The number of likely N-dealkylation sites (tertiary alicyclic amines) is 1. The fourth-order valence-electron chi connectivity index (χ4n) is 3.55. The van der Waals surface area contributed by atoms with Gasteiger partial charge < -0.3 is 10.1 Å². The van der Waals surface area contributed by atoms with E-state index in [0.29, 0.717) is 28.9 Å². The fourth-order valence-corrected chi connectivity index (χ4v) is 4.94. The summed E-state index contributed by atoms with van der Waals surface area (Å²) in [5, 5.41) is 4.61. The highest BCUT2D eigenvalue weighted by Gasteiger charge is 2.24. The lowest BCUT2D eigenvalue weighted by atomic mass is 9.97. The van der Waals surface area contributed by atoms with Gasteiger partial charge in [0.1, 0.15) is 5.75 Å². The Balaban J connectivity index is 1.30. The number of piperidine rings is 1. The van der Waals surface area contributed by atoms with Gasteiger partial charge in [0.25, 0.3) is 0 Å². The molecule has 4 rings (SSSR count). The molecule has 1 aromatic heterocycles. The molecule has 0 saturated carbocycles. The summed E-state index contributed by atoms with van der Waals surface area (Å²) in [5.74, 6) is 1.05. The normalized spacial score (nSPS) is 15.6. The van der Waals surface area contributed by atoms with Gasteiger partial charge in [-0.2, -0.15) is 0 Å². The summed E-state index contributed by atoms with van der Waals surface area (Å²) in [6.07, 6.45) is 2.06. The van der Waals surface area contributed by atoms with Crippen LogP contribution in [0.2, 0.25) is 5.02 Å². The molecular formula is C21H22ClN3O2S. The third-order valence-electron chi connectivity index (χ3n) is 5.05. The van der Waals surface area contributed by atoms with Crippen molar-refractivity contribution >= 4 is 44.7 Å². The minimum Gasteiger partial charge on any atom is -0.495 e. The number of hydrogen-bond donors (Lipinski definition) is 1. The SMILES string of the molecule is COc1ccc(NC(=O)CN2CCC(c3nc4ccccc4s3)CC2)cc1Cl. The maximum atomic E-state index is 12.4. The zero-order chi connectivity index (χ0) is 19.5. The topological polar surface area (TPSA) is 54.5 Å². The molecular weight excluding hydrogens is 394 g/mol. The van der Waals surface area contributed by atoms with E-state index in [9.17, 15) is 4.79 Å². The Bertz CT molecular complexity index is 950. The van der Waals surface area contributed by atoms with Crippen LogP contribution in [0.5, 0.6) is 5.75 Å². The number of fused-ring (bicyclic) bond motifs is 1. The summed E-state index contributed by atoms with van der Waals surface area (Å²) < 4.78 is 6.38. The van der Waals surface area contributed by atoms with Crippen LogP contribution in [0.3, 0.4) is 0 Å². The Hall–Kier alpha value is -2.15. The van der Waals surface area contributed by atoms with Crippen LogP contribution < -0.4 is 10.1 Å². The summed E-state index contributed by atoms with van der Waals surface area (Å²) in [7, 11) is 1.57. The van der Waals surface area contributed by atoms with Gasteiger partial charge in [-0.1, -0.05) is 23.7 Å². The van der Waals surface area contributed by atoms with Gasteiger partial charge in [0, 0.05) is 11.6 Å². The van der Waals surface area contributed by atoms with Crippen LogP contribution in [-0.4, -0.2) is 42.5 Å². The van der Waals surface area contributed by atoms with Gasteiger partial charge in [0.2, 0.25) is 5.91 Å². The predicted octanol–water partition coefficient (Wildman–Crippen LogP) is 4.78. The maximum absolute atomic E-state index is 12.4. The lowest BCUT2D eigenvalue weighted by molar-refractivity contribution is -0.117. The first kappa shape index (κ1) is 19.2. The van der Waals surface area contributed by atoms with E-state index in [4.69, 9.17) is 21.3 Å². The number of thiazole rings is 1. The minimum atomic E-state index is -0.0281. The smallest absolute Gasteiger partial charge is 0.238 e. The first-order valence-electron chi connectivity index (χ1n) is 9.33. The maximum Gasteiger partial charge on any atom is 0.238 e. The molecule has 1 amide bonds. The number of methoxy groups -OCH3 is 1. The molecule has 0 radical (unpaired) electrons. The second-order valence-corrected chi connectivity index (χ2v) is 8.44. The van der Waals surface area contributed by atoms with Crippen molar-refractivity contribution < 1.29 is 9.53 Å². The molecule has 28 heavy (non-hydrogen) atoms. The number of carbonyl (C=O) groups is 1. The lowest BCUT2D eigenvalue weighted by Gasteiger charge is -2.30. The van der Waals surface area contributed by atoms with Crippen LogP contribution in [0.15, 0.2) is 42.5 Å². The van der Waals surface area contributed by atoms with E-state index in [1.165, 1.54) is 9.71 Å². The van der Waals surface area contributed by atoms with Crippen molar-refractivity contribution in [3.63, 3.8) is 0 Å². The Labute approximate surface area is 173 Å². The van der Waals surface area contributed by atoms with Gasteiger partial charge in [-0.25, -0.2) is 4.98 Å². The molecule has 0 spiro atoms. The number of hydrogen-bond acceptors (Lipinski definition) is 5. The molecule has 1 aliphatic rings. The molecule has 0 atom stereocenters. The number of para-hydroxylation sites is 1. The fraction of sp³-hybridized carbons (Fsp3) is 0.333. The first-order valence-corrected chi connectivity index (χ1v) is 10.5. The van der Waals surface area contributed by atoms with Gasteiger partial charge in [0.15, 0.2) is 0 Å². The second kappa shape index (κ2) is 8.47. The van der Waals surface area contributed by atoms with E-state index in [1.807, 2.05) is 6.07 Å². The Morgan fingerprint density at radius 1 is 1.29 bits per heavy atom. The molecule has 1 N–H and O–H groups in total. The molecule has 2 aromatic carbocycles. The molecule has 0 unspecified atom stereocenters. The quantitative estimate of drug-likeness (QED) is 0.651. The van der Waals surface area contributed by atoms with Crippen LogP contribution in [-0.2, 0) is 4.79 Å². The molecule has 1 aliphatic heterocycles. The number of amides is 1. The van der Waals surface area contributed by atoms with Gasteiger partial charge >= 0.3 is 0 Å². The predicted molar refractivity (Wildman–Crippen MR) is 115 cm³/mol. The average Bonchev–Trinajstić information content (AvgIpc) is 3.13. The van der Waals surface area contributed by atoms with Crippen molar-refractivity contribution in [2.75, 3.05) is 32.1 Å². The molecule has 5 nitrogen and oxygen atoms in total. The number of halogens is 1. The molecule has 0 bridgehead atoms. The van der Waals surface area contributed by atoms with Crippen molar-refractivity contribution in [2.45, 2.75) is 18.8 Å². The molecule has 2 heterocycles. The van der Waals surface area contributed by atoms with Crippen molar-refractivity contribution in [2.24, 2.45) is 0 Å². The zero-order valence-electron chi connectivity index (χ0n) is 15.7. The first-order chi connectivity index (χ1) is 13.6. The molecule has 1 saturated heterocycles. The van der Waals surface area contributed by atoms with Gasteiger partial charge in [-0.05, 0) is 56.3 Å². The number of nitrogens with zero attached hydrogens (tertiary/aromatic N) is 2. The highest BCUT2D eigenvalue weighted by molar-refractivity contribution is 7.18. The summed E-state index contributed by atoms with van der Waals surface area (Å²) >= 11 is 7.91. The van der Waals surface area contributed by atoms with Gasteiger partial charge in [0.05, 0.1) is 33.9 Å². The summed E-state index contributed by atoms with van der Waals surface area (Å²) in [6.45, 7) is 2.19. The molecule has 0 aliphatic carbocycles. The Morgan fingerprint density at radius 2 is 2.07 bits per heavy atom. The molecule has 1 fully saturated rings. The van der Waals surface area contributed by atoms with E-state index in [2.05, 4.69) is 28.4 Å². The number of rotatable bonds is 5. The van der Waals surface area contributed by atoms with Crippen LogP contribution in [0.1, 0.15) is 23.8 Å². The monoisotopic (exact) mass is 415 g/mol. The van der Waals surface area contributed by atoms with Crippen LogP contribution >= 0.6 is 22.9 Å². The highest BCUT2D eigenvalue weighted by atomic mass is 35.5. The number of aromatic nitrogens is 1. The van der Waals surface area contributed by atoms with Crippen LogP contribution in [0, 0.1) is 0 Å². The molecule has 146 valence electrons. The van der Waals surface area contributed by atoms with Crippen molar-refractivity contribution in [3.05, 3.63) is 52.5 Å². The van der Waals surface area contributed by atoms with Gasteiger partial charge in [-0.3, -0.25) is 9.69 Å². The summed E-state index contributed by atoms with van der Waals surface area (Å²) in [4.78, 5) is 19.4. The van der Waals surface area contributed by atoms with E-state index in [-0.39, 0.29) is 5.91 Å². The van der Waals surface area contributed by atoms with E-state index < -0.39 is 0 Å². The molecule has 7 heteroatoms. The largest absolute Gasteiger partial charge is 0.495 e. The Kier molecular flexibility index (Phi) is 5.80. The number of carbonyl (C=O) groups excluding carboxylic acids is 1. The molecule has 3 aromatic rings. The number of ether oxygens (including phenoxy) is 1. The van der Waals surface area contributed by atoms with Gasteiger partial charge in [-0.15, -0.1) is 11.3 Å². The number of nitrogens with one attached hydrogen (secondary N) is 1. The standard InChI is InChI=1S/C21H22ClN3O2S/c1-27-18-7-6-15(12-16(18)22)23-20(26)13-25-10-8-14(9-11-25)21-24-17-4-2-3-5-19(17)28-21/h2-7,12,14H,8-11,13H2,1H3,(H,23,26).